The molecule has 0 saturated carbocycles. The first-order valence-corrected chi connectivity index (χ1v) is 14.8. The normalized spacial score (nSPS) is 15.2. The van der Waals surface area contributed by atoms with Gasteiger partial charge in [-0.15, -0.1) is 0 Å². The van der Waals surface area contributed by atoms with E-state index in [9.17, 15) is 0 Å². The molecule has 7 rings (SSSR count). The predicted molar refractivity (Wildman–Crippen MR) is 177 cm³/mol. The largest absolute Gasteiger partial charge is 0.642 e. The Morgan fingerprint density at radius 3 is 1.79 bits per heavy atom. The third-order valence-electron chi connectivity index (χ3n) is 7.86. The Bertz CT molecular complexity index is 1950. The third kappa shape index (κ3) is 4.41. The number of hydrogen-bond donors (Lipinski definition) is 0. The number of rotatable bonds is 6. The number of amidine groups is 1. The number of aromatic nitrogens is 1. The highest BCUT2D eigenvalue weighted by molar-refractivity contribution is 14.1. The molecular formula is C34H25BF2IN3O2. The summed E-state index contributed by atoms with van der Waals surface area (Å²) in [6.45, 7) is -4.42. The van der Waals surface area contributed by atoms with Gasteiger partial charge in [0.05, 0.1) is 23.4 Å². The van der Waals surface area contributed by atoms with Gasteiger partial charge in [0, 0.05) is 16.8 Å². The summed E-state index contributed by atoms with van der Waals surface area (Å²) in [4.78, 5) is 5.09. The Labute approximate surface area is 261 Å². The van der Waals surface area contributed by atoms with Crippen LogP contribution in [0.2, 0.25) is 0 Å². The van der Waals surface area contributed by atoms with Crippen LogP contribution in [0.15, 0.2) is 124 Å². The molecule has 0 spiro atoms. The molecule has 0 bridgehead atoms. The van der Waals surface area contributed by atoms with Gasteiger partial charge in [-0.3, -0.25) is 0 Å². The minimum absolute atomic E-state index is 0.224. The first-order chi connectivity index (χ1) is 20.9. The van der Waals surface area contributed by atoms with Crippen LogP contribution in [0.3, 0.4) is 0 Å². The van der Waals surface area contributed by atoms with Gasteiger partial charge in [0.25, 0.3) is 5.84 Å². The summed E-state index contributed by atoms with van der Waals surface area (Å²) in [5.74, 6) is 1.75. The molecule has 5 aromatic rings. The van der Waals surface area contributed by atoms with E-state index in [4.69, 9.17) is 14.5 Å². The van der Waals surface area contributed by atoms with Crippen molar-refractivity contribution in [2.45, 2.75) is 0 Å². The molecule has 2 aliphatic heterocycles. The van der Waals surface area contributed by atoms with Gasteiger partial charge in [0.1, 0.15) is 17.2 Å². The molecule has 3 heterocycles. The summed E-state index contributed by atoms with van der Waals surface area (Å²) in [5.41, 5.74) is 5.02. The highest BCUT2D eigenvalue weighted by Crippen LogP contribution is 2.47. The molecule has 0 saturated heterocycles. The van der Waals surface area contributed by atoms with E-state index in [0.717, 1.165) is 20.1 Å². The monoisotopic (exact) mass is 683 g/mol. The number of halogens is 3. The van der Waals surface area contributed by atoms with Crippen LogP contribution < -0.4 is 9.47 Å². The number of allylic oxidation sites excluding steroid dienone is 1. The summed E-state index contributed by atoms with van der Waals surface area (Å²) in [6.07, 6.45) is 0. The lowest BCUT2D eigenvalue weighted by atomic mass is 9.90. The van der Waals surface area contributed by atoms with Crippen molar-refractivity contribution in [2.24, 2.45) is 4.99 Å². The topological polar surface area (TPSA) is 38.8 Å². The van der Waals surface area contributed by atoms with Gasteiger partial charge in [0.15, 0.2) is 0 Å². The molecule has 9 heteroatoms. The molecule has 0 fully saturated rings. The van der Waals surface area contributed by atoms with Crippen molar-refractivity contribution in [1.82, 2.24) is 4.48 Å². The van der Waals surface area contributed by atoms with Crippen LogP contribution in [-0.4, -0.2) is 41.7 Å². The fourth-order valence-electron chi connectivity index (χ4n) is 5.81. The Kier molecular flexibility index (Phi) is 6.77. The van der Waals surface area contributed by atoms with E-state index in [2.05, 4.69) is 22.6 Å². The van der Waals surface area contributed by atoms with Crippen molar-refractivity contribution in [3.05, 3.63) is 130 Å². The van der Waals surface area contributed by atoms with Crippen molar-refractivity contribution < 1.29 is 22.6 Å². The maximum absolute atomic E-state index is 17.5. The van der Waals surface area contributed by atoms with Crippen LogP contribution in [0, 0.1) is 0 Å². The molecule has 212 valence electrons. The van der Waals surface area contributed by atoms with Gasteiger partial charge < -0.3 is 27.1 Å². The molecule has 4 aromatic carbocycles. The van der Waals surface area contributed by atoms with E-state index >= 15 is 8.63 Å². The van der Waals surface area contributed by atoms with Crippen molar-refractivity contribution in [2.75, 3.05) is 14.2 Å². The standard InChI is InChI=1S/C34H25BF2IN3O2/c1-42-26-17-13-23(14-18-26)29-21-28(22-9-5-3-6-10-22)33-39-34-30(24-11-7-4-8-12-24)31(38)32(41(34)35(36,37)40(29)33)25-15-19-27(43-2)20-16-25/h3-21H,1-2H3. The molecule has 0 N–H and O–H groups in total. The maximum atomic E-state index is 17.5. The molecule has 0 radical (unpaired) electrons. The minimum Gasteiger partial charge on any atom is -0.497 e. The zero-order valence-corrected chi connectivity index (χ0v) is 25.5. The molecular weight excluding hydrogens is 658 g/mol. The van der Waals surface area contributed by atoms with Gasteiger partial charge in [-0.2, -0.15) is 0 Å². The summed E-state index contributed by atoms with van der Waals surface area (Å²) in [6, 6.07) is 35.4. The Hall–Kier alpha value is -4.51. The smallest absolute Gasteiger partial charge is 0.497 e. The van der Waals surface area contributed by atoms with Crippen molar-refractivity contribution in [1.29, 1.82) is 0 Å². The van der Waals surface area contributed by atoms with E-state index in [1.807, 2.05) is 78.9 Å². The van der Waals surface area contributed by atoms with Gasteiger partial charge >= 0.3 is 6.97 Å². The van der Waals surface area contributed by atoms with Crippen LogP contribution in [0.1, 0.15) is 11.1 Å². The van der Waals surface area contributed by atoms with Gasteiger partial charge in [0.2, 0.25) is 5.82 Å². The SMILES string of the molecule is COc1ccc(C2=[N+]3C(=Nc4c(-c5ccccc5)cc(-c5ccc(OC)cc5)n4[B-]3(F)F)C(c3ccccc3)=C2I)cc1. The van der Waals surface area contributed by atoms with Crippen molar-refractivity contribution in [3.8, 4) is 33.9 Å². The number of hydrogen-bond acceptors (Lipinski definition) is 3. The van der Waals surface area contributed by atoms with Crippen LogP contribution in [0.4, 0.5) is 14.4 Å². The van der Waals surface area contributed by atoms with E-state index < -0.39 is 6.97 Å². The first-order valence-electron chi connectivity index (χ1n) is 13.7. The van der Waals surface area contributed by atoms with E-state index in [1.165, 1.54) is 0 Å². The molecule has 2 aliphatic rings. The summed E-state index contributed by atoms with van der Waals surface area (Å²) >= 11 is 2.19. The van der Waals surface area contributed by atoms with Gasteiger partial charge in [-0.25, -0.2) is 0 Å². The zero-order chi connectivity index (χ0) is 29.7. The number of methoxy groups -OCH3 is 2. The van der Waals surface area contributed by atoms with Crippen molar-refractivity contribution >= 4 is 52.5 Å². The summed E-state index contributed by atoms with van der Waals surface area (Å²) < 4.78 is 48.6. The average molecular weight is 683 g/mol. The minimum atomic E-state index is -4.42. The van der Waals surface area contributed by atoms with E-state index in [0.29, 0.717) is 48.7 Å². The second-order valence-electron chi connectivity index (χ2n) is 10.3. The lowest BCUT2D eigenvalue weighted by Gasteiger charge is -2.32. The van der Waals surface area contributed by atoms with Crippen molar-refractivity contribution in [3.63, 3.8) is 0 Å². The summed E-state index contributed by atoms with van der Waals surface area (Å²) in [7, 11) is 3.16. The predicted octanol–water partition coefficient (Wildman–Crippen LogP) is 8.47. The fraction of sp³-hybridized carbons (Fsp3) is 0.0588. The molecule has 5 nitrogen and oxygen atoms in total. The quantitative estimate of drug-likeness (QED) is 0.133. The molecule has 0 amide bonds. The molecule has 0 unspecified atom stereocenters. The number of benzene rings is 4. The van der Waals surface area contributed by atoms with Crippen LogP contribution in [0.5, 0.6) is 11.5 Å². The lowest BCUT2D eigenvalue weighted by Crippen LogP contribution is -2.53. The van der Waals surface area contributed by atoms with Crippen LogP contribution in [-0.2, 0) is 0 Å². The number of nitrogens with zero attached hydrogens (tertiary/aromatic N) is 3. The van der Waals surface area contributed by atoms with Crippen LogP contribution in [0.25, 0.3) is 28.0 Å². The zero-order valence-electron chi connectivity index (χ0n) is 23.3. The second-order valence-corrected chi connectivity index (χ2v) is 11.3. The second kappa shape index (κ2) is 10.6. The molecule has 1 aromatic heterocycles. The number of fused-ring (bicyclic) bond motifs is 2. The number of aliphatic imine (C=N–C) groups is 1. The highest BCUT2D eigenvalue weighted by Gasteiger charge is 2.55. The Balaban J connectivity index is 1.56. The first kappa shape index (κ1) is 27.3. The highest BCUT2D eigenvalue weighted by atomic mass is 127. The van der Waals surface area contributed by atoms with E-state index in [-0.39, 0.29) is 11.7 Å². The molecule has 0 atom stereocenters. The maximum Gasteiger partial charge on any atom is 0.642 e. The number of ether oxygens (including phenoxy) is 2. The average Bonchev–Trinajstić information content (AvgIpc) is 3.58. The van der Waals surface area contributed by atoms with Crippen LogP contribution >= 0.6 is 22.6 Å². The fourth-order valence-corrected chi connectivity index (χ4v) is 6.93. The molecule has 0 aliphatic carbocycles. The Morgan fingerprint density at radius 1 is 0.698 bits per heavy atom. The Morgan fingerprint density at radius 2 is 1.23 bits per heavy atom. The molecule has 43 heavy (non-hydrogen) atoms. The van der Waals surface area contributed by atoms with Gasteiger partial charge in [-0.05, 0) is 98.9 Å². The van der Waals surface area contributed by atoms with Gasteiger partial charge in [-0.1, -0.05) is 60.7 Å². The third-order valence-corrected chi connectivity index (χ3v) is 8.91. The lowest BCUT2D eigenvalue weighted by molar-refractivity contribution is -0.291. The van der Waals surface area contributed by atoms with E-state index in [1.54, 1.807) is 50.6 Å². The summed E-state index contributed by atoms with van der Waals surface area (Å²) in [5, 5.41) is 0.